The number of halogens is 7. The van der Waals surface area contributed by atoms with Gasteiger partial charge in [0.1, 0.15) is 24.8 Å². The summed E-state index contributed by atoms with van der Waals surface area (Å²) in [6.45, 7) is 1.90. The smallest absolute Gasteiger partial charge is 0.380 e. The SMILES string of the molecule is CNc1ccc(C(=O)N(C)CCCN(C)C(=O)CO[C@H]2Cc3ccccc3C23CCN(CC[C@@]2(c4ccc(F)cc4)CN(C(=O)c4cc(C(F)(F)F)cc(C(F)(F)F)c4)CO2)CC3)s1. The van der Waals surface area contributed by atoms with Crippen LogP contribution in [0.15, 0.2) is 78.9 Å². The van der Waals surface area contributed by atoms with E-state index >= 15 is 0 Å². The van der Waals surface area contributed by atoms with Crippen LogP contribution in [0.1, 0.15) is 73.5 Å². The van der Waals surface area contributed by atoms with E-state index in [1.54, 1.807) is 37.0 Å². The van der Waals surface area contributed by atoms with Gasteiger partial charge < -0.3 is 34.4 Å². The Labute approximate surface area is 370 Å². The number of carbonyl (C=O) groups excluding carboxylic acids is 3. The maximum atomic E-state index is 14.1. The largest absolute Gasteiger partial charge is 0.416 e. The minimum atomic E-state index is -5.13. The van der Waals surface area contributed by atoms with Crippen molar-refractivity contribution in [3.8, 4) is 0 Å². The number of thiophene rings is 1. The highest BCUT2D eigenvalue weighted by molar-refractivity contribution is 7.17. The molecule has 0 bridgehead atoms. The van der Waals surface area contributed by atoms with Crippen molar-refractivity contribution in [1.82, 2.24) is 19.6 Å². The summed E-state index contributed by atoms with van der Waals surface area (Å²) in [5.41, 5.74) is -2.74. The number of likely N-dealkylation sites (tertiary alicyclic amines) is 1. The van der Waals surface area contributed by atoms with Gasteiger partial charge in [-0.05, 0) is 104 Å². The molecule has 1 N–H and O–H groups in total. The number of likely N-dealkylation sites (N-methyl/N-ethyl adjacent to an activating group) is 1. The number of piperidine rings is 1. The molecule has 2 fully saturated rings. The lowest BCUT2D eigenvalue weighted by atomic mass is 9.72. The Balaban J connectivity index is 0.982. The maximum absolute atomic E-state index is 14.1. The van der Waals surface area contributed by atoms with Crippen LogP contribution in [0.5, 0.6) is 0 Å². The molecule has 1 aromatic heterocycles. The highest BCUT2D eigenvalue weighted by Gasteiger charge is 2.50. The van der Waals surface area contributed by atoms with Gasteiger partial charge in [0.05, 0.1) is 33.7 Å². The lowest BCUT2D eigenvalue weighted by Crippen LogP contribution is -2.50. The number of rotatable bonds is 14. The minimum absolute atomic E-state index is 0.0266. The molecule has 2 aliphatic heterocycles. The van der Waals surface area contributed by atoms with E-state index < -0.39 is 53.1 Å². The van der Waals surface area contributed by atoms with Crippen LogP contribution in [-0.2, 0) is 44.1 Å². The Hall–Kier alpha value is -5.04. The third-order valence-corrected chi connectivity index (χ3v) is 13.9. The summed E-state index contributed by atoms with van der Waals surface area (Å²) in [5, 5.41) is 3.93. The molecule has 3 aliphatic rings. The van der Waals surface area contributed by atoms with Crippen LogP contribution in [0.2, 0.25) is 0 Å². The van der Waals surface area contributed by atoms with E-state index in [0.717, 1.165) is 15.5 Å². The molecule has 1 spiro atoms. The monoisotopic (exact) mass is 917 g/mol. The van der Waals surface area contributed by atoms with Crippen LogP contribution >= 0.6 is 11.3 Å². The molecule has 3 aromatic carbocycles. The summed E-state index contributed by atoms with van der Waals surface area (Å²) in [6.07, 6.45) is -7.63. The van der Waals surface area contributed by atoms with Crippen molar-refractivity contribution in [1.29, 1.82) is 0 Å². The molecule has 64 heavy (non-hydrogen) atoms. The number of nitrogens with one attached hydrogen (secondary N) is 1. The van der Waals surface area contributed by atoms with Crippen LogP contribution in [0.4, 0.5) is 35.7 Å². The van der Waals surface area contributed by atoms with Crippen molar-refractivity contribution in [3.63, 3.8) is 0 Å². The van der Waals surface area contributed by atoms with Gasteiger partial charge in [0.25, 0.3) is 11.8 Å². The molecular weight excluding hydrogens is 868 g/mol. The number of amides is 3. The maximum Gasteiger partial charge on any atom is 0.416 e. The first-order valence-electron chi connectivity index (χ1n) is 21.0. The Bertz CT molecular complexity index is 2280. The zero-order valence-corrected chi connectivity index (χ0v) is 36.5. The summed E-state index contributed by atoms with van der Waals surface area (Å²) >= 11 is 1.38. The van der Waals surface area contributed by atoms with Gasteiger partial charge in [-0.15, -0.1) is 11.3 Å². The summed E-state index contributed by atoms with van der Waals surface area (Å²) in [5.74, 6) is -1.83. The summed E-state index contributed by atoms with van der Waals surface area (Å²) in [6, 6.07) is 18.1. The second kappa shape index (κ2) is 18.8. The van der Waals surface area contributed by atoms with Crippen LogP contribution < -0.4 is 5.32 Å². The summed E-state index contributed by atoms with van der Waals surface area (Å²) in [7, 11) is 5.26. The average Bonchev–Trinajstić information content (AvgIpc) is 4.01. The fourth-order valence-electron chi connectivity index (χ4n) is 9.12. The normalized spacial score (nSPS) is 19.8. The fraction of sp³-hybridized carbons (Fsp3) is 0.457. The number of anilines is 1. The summed E-state index contributed by atoms with van der Waals surface area (Å²) in [4.78, 5) is 47.0. The zero-order valence-electron chi connectivity index (χ0n) is 35.7. The molecule has 10 nitrogen and oxygen atoms in total. The Morgan fingerprint density at radius 1 is 0.891 bits per heavy atom. The number of nitrogens with zero attached hydrogens (tertiary/aromatic N) is 4. The molecule has 7 rings (SSSR count). The molecule has 2 atom stereocenters. The molecule has 0 radical (unpaired) electrons. The Kier molecular flexibility index (Phi) is 13.8. The van der Waals surface area contributed by atoms with Crippen molar-refractivity contribution in [2.45, 2.75) is 61.6 Å². The highest BCUT2D eigenvalue weighted by Crippen LogP contribution is 2.48. The second-order valence-electron chi connectivity index (χ2n) is 16.8. The highest BCUT2D eigenvalue weighted by atomic mass is 32.1. The fourth-order valence-corrected chi connectivity index (χ4v) is 9.98. The van der Waals surface area contributed by atoms with E-state index in [4.69, 9.17) is 9.47 Å². The van der Waals surface area contributed by atoms with E-state index in [1.165, 1.54) is 41.2 Å². The standard InChI is InChI=1S/C46H50F7N5O5S/c1-54-39-14-13-37(64-39)42(61)56(3)19-6-18-55(2)40(59)27-62-38-25-30-7-4-5-8-36(30)43(38)15-20-57(21-16-43)22-17-44(32-9-11-35(47)12-10-32)28-58(29-63-44)41(60)31-23-33(45(48,49)50)26-34(24-31)46(51,52)53/h4-5,7-14,23-24,26,38,54H,6,15-22,25,27-29H2,1-3H3/t38-,44-/m0/s1. The van der Waals surface area contributed by atoms with Gasteiger partial charge >= 0.3 is 12.4 Å². The second-order valence-corrected chi connectivity index (χ2v) is 17.9. The summed E-state index contributed by atoms with van der Waals surface area (Å²) < 4.78 is 109. The first kappa shape index (κ1) is 46.9. The van der Waals surface area contributed by atoms with E-state index in [2.05, 4.69) is 22.3 Å². The zero-order chi connectivity index (χ0) is 46.0. The van der Waals surface area contributed by atoms with Crippen LogP contribution in [0.25, 0.3) is 0 Å². The van der Waals surface area contributed by atoms with Crippen LogP contribution in [0, 0.1) is 5.82 Å². The van der Waals surface area contributed by atoms with Gasteiger partial charge in [-0.3, -0.25) is 14.4 Å². The number of carbonyl (C=O) groups is 3. The van der Waals surface area contributed by atoms with Crippen LogP contribution in [-0.4, -0.2) is 117 Å². The molecule has 3 amide bonds. The topological polar surface area (TPSA) is 94.7 Å². The number of hydrogen-bond acceptors (Lipinski definition) is 8. The van der Waals surface area contributed by atoms with Crippen molar-refractivity contribution < 1.29 is 54.6 Å². The molecular formula is C46H50F7N5O5S. The molecule has 3 heterocycles. The number of benzene rings is 3. The van der Waals surface area contributed by atoms with E-state index in [1.807, 2.05) is 18.2 Å². The lowest BCUT2D eigenvalue weighted by molar-refractivity contribution is -0.143. The van der Waals surface area contributed by atoms with E-state index in [-0.39, 0.29) is 49.0 Å². The van der Waals surface area contributed by atoms with Gasteiger partial charge in [-0.2, -0.15) is 26.3 Å². The number of hydrogen-bond donors (Lipinski definition) is 1. The first-order valence-corrected chi connectivity index (χ1v) is 21.8. The minimum Gasteiger partial charge on any atom is -0.380 e. The predicted octanol–water partition coefficient (Wildman–Crippen LogP) is 8.28. The first-order chi connectivity index (χ1) is 30.3. The van der Waals surface area contributed by atoms with Gasteiger partial charge in [-0.1, -0.05) is 36.4 Å². The van der Waals surface area contributed by atoms with Gasteiger partial charge in [0.2, 0.25) is 5.91 Å². The van der Waals surface area contributed by atoms with E-state index in [0.29, 0.717) is 81.0 Å². The third-order valence-electron chi connectivity index (χ3n) is 12.8. The lowest BCUT2D eigenvalue weighted by Gasteiger charge is -2.44. The van der Waals surface area contributed by atoms with Crippen molar-refractivity contribution in [2.75, 3.05) is 79.1 Å². The molecule has 0 unspecified atom stereocenters. The predicted molar refractivity (Wildman–Crippen MR) is 226 cm³/mol. The number of alkyl halides is 6. The van der Waals surface area contributed by atoms with Gasteiger partial charge in [0.15, 0.2) is 0 Å². The molecule has 344 valence electrons. The van der Waals surface area contributed by atoms with Crippen LogP contribution in [0.3, 0.4) is 0 Å². The molecule has 2 saturated heterocycles. The van der Waals surface area contributed by atoms with Gasteiger partial charge in [0, 0.05) is 51.8 Å². The molecule has 0 saturated carbocycles. The average molecular weight is 918 g/mol. The van der Waals surface area contributed by atoms with Gasteiger partial charge in [-0.25, -0.2) is 4.39 Å². The van der Waals surface area contributed by atoms with E-state index in [9.17, 15) is 45.1 Å². The molecule has 18 heteroatoms. The third kappa shape index (κ3) is 10.1. The number of fused-ring (bicyclic) bond motifs is 2. The number of ether oxygens (including phenoxy) is 2. The van der Waals surface area contributed by atoms with Crippen molar-refractivity contribution in [2.24, 2.45) is 0 Å². The van der Waals surface area contributed by atoms with Crippen molar-refractivity contribution >= 4 is 34.1 Å². The van der Waals surface area contributed by atoms with Crippen molar-refractivity contribution in [3.05, 3.63) is 123 Å². The quantitative estimate of drug-likeness (QED) is 0.127. The molecule has 1 aliphatic carbocycles. The Morgan fingerprint density at radius 2 is 1.55 bits per heavy atom. The Morgan fingerprint density at radius 3 is 2.19 bits per heavy atom. The molecule has 4 aromatic rings.